The highest BCUT2D eigenvalue weighted by Crippen LogP contribution is 2.40. The van der Waals surface area contributed by atoms with Gasteiger partial charge in [-0.3, -0.25) is 4.79 Å². The standard InChI is InChI=1S/C13H13NOS3/c15-12-9-18-13(11-4-2-8-17-11)14(12)6-5-10-3-1-7-16-10/h1-4,7-8,13H,5-6,9H2. The van der Waals surface area contributed by atoms with Crippen LogP contribution in [0.1, 0.15) is 15.1 Å². The predicted molar refractivity (Wildman–Crippen MR) is 79.3 cm³/mol. The molecule has 0 aliphatic carbocycles. The van der Waals surface area contributed by atoms with Gasteiger partial charge >= 0.3 is 0 Å². The summed E-state index contributed by atoms with van der Waals surface area (Å²) in [5.74, 6) is 0.891. The van der Waals surface area contributed by atoms with Crippen molar-refractivity contribution in [1.82, 2.24) is 4.90 Å². The second-order valence-electron chi connectivity index (χ2n) is 4.10. The summed E-state index contributed by atoms with van der Waals surface area (Å²) in [6, 6.07) is 8.38. The second kappa shape index (κ2) is 5.47. The Balaban J connectivity index is 1.70. The molecule has 2 aromatic rings. The topological polar surface area (TPSA) is 20.3 Å². The van der Waals surface area contributed by atoms with E-state index >= 15 is 0 Å². The first kappa shape index (κ1) is 12.3. The van der Waals surface area contributed by atoms with Crippen molar-refractivity contribution < 1.29 is 4.79 Å². The number of hydrogen-bond acceptors (Lipinski definition) is 4. The summed E-state index contributed by atoms with van der Waals surface area (Å²) in [6.45, 7) is 0.828. The number of hydrogen-bond donors (Lipinski definition) is 0. The lowest BCUT2D eigenvalue weighted by Crippen LogP contribution is -2.29. The van der Waals surface area contributed by atoms with Crippen molar-refractivity contribution in [1.29, 1.82) is 0 Å². The lowest BCUT2D eigenvalue weighted by atomic mass is 10.3. The molecule has 18 heavy (non-hydrogen) atoms. The molecule has 3 heterocycles. The van der Waals surface area contributed by atoms with E-state index in [1.165, 1.54) is 9.75 Å². The van der Waals surface area contributed by atoms with E-state index in [1.807, 2.05) is 4.90 Å². The number of thiophene rings is 2. The Morgan fingerprint density at radius 3 is 2.78 bits per heavy atom. The van der Waals surface area contributed by atoms with Gasteiger partial charge < -0.3 is 4.90 Å². The Morgan fingerprint density at radius 1 is 1.22 bits per heavy atom. The minimum Gasteiger partial charge on any atom is -0.325 e. The first-order valence-electron chi connectivity index (χ1n) is 5.81. The molecular formula is C13H13NOS3. The van der Waals surface area contributed by atoms with Crippen molar-refractivity contribution in [3.05, 3.63) is 44.8 Å². The van der Waals surface area contributed by atoms with Crippen LogP contribution in [0, 0.1) is 0 Å². The summed E-state index contributed by atoms with van der Waals surface area (Å²) in [5.41, 5.74) is 0. The Bertz CT molecular complexity index is 506. The molecule has 1 atom stereocenters. The fourth-order valence-corrected chi connectivity index (χ4v) is 4.94. The van der Waals surface area contributed by atoms with Gasteiger partial charge in [-0.05, 0) is 29.3 Å². The van der Waals surface area contributed by atoms with Crippen LogP contribution in [0.3, 0.4) is 0 Å². The van der Waals surface area contributed by atoms with Gasteiger partial charge in [-0.1, -0.05) is 12.1 Å². The fraction of sp³-hybridized carbons (Fsp3) is 0.308. The van der Waals surface area contributed by atoms with E-state index in [9.17, 15) is 4.79 Å². The highest BCUT2D eigenvalue weighted by Gasteiger charge is 2.32. The maximum absolute atomic E-state index is 12.0. The molecule has 0 spiro atoms. The first-order valence-corrected chi connectivity index (χ1v) is 8.62. The SMILES string of the molecule is O=C1CSC(c2cccs2)N1CCc1cccs1. The van der Waals surface area contributed by atoms with Crippen LogP contribution in [0.5, 0.6) is 0 Å². The molecule has 2 aromatic heterocycles. The van der Waals surface area contributed by atoms with Crippen LogP contribution in [-0.4, -0.2) is 23.1 Å². The quantitative estimate of drug-likeness (QED) is 0.858. The summed E-state index contributed by atoms with van der Waals surface area (Å²) in [7, 11) is 0. The Morgan fingerprint density at radius 2 is 2.06 bits per heavy atom. The van der Waals surface area contributed by atoms with Crippen LogP contribution in [0.15, 0.2) is 35.0 Å². The molecule has 0 saturated carbocycles. The van der Waals surface area contributed by atoms with E-state index in [0.29, 0.717) is 5.75 Å². The molecule has 1 fully saturated rings. The van der Waals surface area contributed by atoms with Gasteiger partial charge in [-0.2, -0.15) is 0 Å². The third-order valence-electron chi connectivity index (χ3n) is 2.93. The van der Waals surface area contributed by atoms with Gasteiger partial charge in [0.15, 0.2) is 0 Å². The van der Waals surface area contributed by atoms with Crippen molar-refractivity contribution >= 4 is 40.3 Å². The Labute approximate surface area is 119 Å². The molecule has 1 unspecified atom stereocenters. The van der Waals surface area contributed by atoms with Crippen molar-refractivity contribution in [2.75, 3.05) is 12.3 Å². The lowest BCUT2D eigenvalue weighted by molar-refractivity contribution is -0.127. The van der Waals surface area contributed by atoms with Crippen molar-refractivity contribution in [3.63, 3.8) is 0 Å². The number of carbonyl (C=O) groups excluding carboxylic acids is 1. The van der Waals surface area contributed by atoms with Gasteiger partial charge in [0, 0.05) is 16.3 Å². The summed E-state index contributed by atoms with van der Waals surface area (Å²) in [5, 5.41) is 4.40. The van der Waals surface area contributed by atoms with E-state index in [0.717, 1.165) is 13.0 Å². The van der Waals surface area contributed by atoms with Gasteiger partial charge in [-0.25, -0.2) is 0 Å². The zero-order valence-electron chi connectivity index (χ0n) is 9.74. The first-order chi connectivity index (χ1) is 8.84. The normalized spacial score (nSPS) is 19.7. The minimum absolute atomic E-state index is 0.234. The smallest absolute Gasteiger partial charge is 0.233 e. The second-order valence-corrected chi connectivity index (χ2v) is 7.18. The molecule has 0 radical (unpaired) electrons. The molecule has 1 saturated heterocycles. The van der Waals surface area contributed by atoms with E-state index in [-0.39, 0.29) is 11.3 Å². The largest absolute Gasteiger partial charge is 0.325 e. The van der Waals surface area contributed by atoms with Crippen molar-refractivity contribution in [3.8, 4) is 0 Å². The summed E-state index contributed by atoms with van der Waals surface area (Å²) >= 11 is 5.24. The zero-order valence-corrected chi connectivity index (χ0v) is 12.2. The molecule has 1 aliphatic rings. The summed E-state index contributed by atoms with van der Waals surface area (Å²) in [6.07, 6.45) is 0.964. The summed E-state index contributed by atoms with van der Waals surface area (Å²) in [4.78, 5) is 16.6. The third-order valence-corrected chi connectivity index (χ3v) is 6.18. The molecule has 1 aliphatic heterocycles. The minimum atomic E-state index is 0.234. The molecule has 0 aromatic carbocycles. The van der Waals surface area contributed by atoms with E-state index in [2.05, 4.69) is 35.0 Å². The number of nitrogens with zero attached hydrogens (tertiary/aromatic N) is 1. The van der Waals surface area contributed by atoms with Gasteiger partial charge in [0.2, 0.25) is 5.91 Å². The van der Waals surface area contributed by atoms with Crippen LogP contribution in [-0.2, 0) is 11.2 Å². The van der Waals surface area contributed by atoms with Crippen molar-refractivity contribution in [2.24, 2.45) is 0 Å². The lowest BCUT2D eigenvalue weighted by Gasteiger charge is -2.22. The molecule has 3 rings (SSSR count). The molecular weight excluding hydrogens is 282 g/mol. The van der Waals surface area contributed by atoms with Gasteiger partial charge in [0.05, 0.1) is 5.75 Å². The maximum atomic E-state index is 12.0. The van der Waals surface area contributed by atoms with Gasteiger partial charge in [0.1, 0.15) is 5.37 Å². The van der Waals surface area contributed by atoms with Gasteiger partial charge in [-0.15, -0.1) is 34.4 Å². The Hall–Kier alpha value is -0.780. The Kier molecular flexibility index (Phi) is 3.72. The average Bonchev–Trinajstić information content (AvgIpc) is 3.08. The molecule has 1 amide bonds. The van der Waals surface area contributed by atoms with E-state index in [1.54, 1.807) is 34.4 Å². The molecule has 0 N–H and O–H groups in total. The number of amides is 1. The maximum Gasteiger partial charge on any atom is 0.233 e. The van der Waals surface area contributed by atoms with Crippen LogP contribution >= 0.6 is 34.4 Å². The van der Waals surface area contributed by atoms with Crippen LogP contribution in [0.25, 0.3) is 0 Å². The monoisotopic (exact) mass is 295 g/mol. The highest BCUT2D eigenvalue weighted by molar-refractivity contribution is 8.00. The van der Waals surface area contributed by atoms with Gasteiger partial charge in [0.25, 0.3) is 0 Å². The molecule has 0 bridgehead atoms. The number of thioether (sulfide) groups is 1. The summed E-state index contributed by atoms with van der Waals surface area (Å²) < 4.78 is 0. The average molecular weight is 295 g/mol. The molecule has 94 valence electrons. The fourth-order valence-electron chi connectivity index (χ4n) is 2.05. The van der Waals surface area contributed by atoms with Crippen molar-refractivity contribution in [2.45, 2.75) is 11.8 Å². The van der Waals surface area contributed by atoms with E-state index < -0.39 is 0 Å². The van der Waals surface area contributed by atoms with E-state index in [4.69, 9.17) is 0 Å². The van der Waals surface area contributed by atoms with Crippen LogP contribution in [0.4, 0.5) is 0 Å². The number of rotatable bonds is 4. The van der Waals surface area contributed by atoms with Crippen LogP contribution < -0.4 is 0 Å². The molecule has 5 heteroatoms. The third kappa shape index (κ3) is 2.48. The molecule has 2 nitrogen and oxygen atoms in total. The number of carbonyl (C=O) groups is 1. The highest BCUT2D eigenvalue weighted by atomic mass is 32.2. The van der Waals surface area contributed by atoms with Crippen LogP contribution in [0.2, 0.25) is 0 Å². The zero-order chi connectivity index (χ0) is 12.4. The predicted octanol–water partition coefficient (Wildman–Crippen LogP) is 3.63.